The molecule has 31 heavy (non-hydrogen) atoms. The number of hydrogen-bond donors (Lipinski definition) is 0. The first-order chi connectivity index (χ1) is 14.8. The molecule has 0 fully saturated rings. The minimum Gasteiger partial charge on any atom is -0.378 e. The number of carbonyl (C=O) groups is 1. The lowest BCUT2D eigenvalue weighted by Crippen LogP contribution is -2.08. The van der Waals surface area contributed by atoms with Crippen molar-refractivity contribution in [2.24, 2.45) is 0 Å². The lowest BCUT2D eigenvalue weighted by atomic mass is 9.89. The number of rotatable bonds is 4. The van der Waals surface area contributed by atoms with Gasteiger partial charge in [0.2, 0.25) is 0 Å². The van der Waals surface area contributed by atoms with E-state index in [-0.39, 0.29) is 5.52 Å². The molecule has 0 spiro atoms. The number of hydrogen-bond acceptors (Lipinski definition) is 3. The number of nitrogens with zero attached hydrogens (tertiary/aromatic N) is 2. The molecule has 0 aliphatic heterocycles. The Balaban J connectivity index is 2.09. The summed E-state index contributed by atoms with van der Waals surface area (Å²) in [7, 11) is 3.83. The van der Waals surface area contributed by atoms with Gasteiger partial charge in [-0.15, -0.1) is 0 Å². The summed E-state index contributed by atoms with van der Waals surface area (Å²) in [5.41, 5.74) is 3.09. The molecule has 0 aliphatic rings. The van der Waals surface area contributed by atoms with E-state index in [0.29, 0.717) is 27.6 Å². The summed E-state index contributed by atoms with van der Waals surface area (Å²) in [5.74, 6) is 0. The second kappa shape index (κ2) is 7.87. The van der Waals surface area contributed by atoms with Crippen LogP contribution in [0.5, 0.6) is 0 Å². The summed E-state index contributed by atoms with van der Waals surface area (Å²) in [5, 5.41) is 0.380. The van der Waals surface area contributed by atoms with Gasteiger partial charge in [0.25, 0.3) is 0 Å². The van der Waals surface area contributed by atoms with E-state index in [2.05, 4.69) is 4.98 Å². The Morgan fingerprint density at radius 2 is 1.58 bits per heavy atom. The molecule has 4 rings (SSSR count). The van der Waals surface area contributed by atoms with Gasteiger partial charge in [-0.1, -0.05) is 48.5 Å². The Morgan fingerprint density at radius 3 is 2.23 bits per heavy atom. The maximum absolute atomic E-state index is 13.6. The van der Waals surface area contributed by atoms with Gasteiger partial charge >= 0.3 is 6.18 Å². The maximum atomic E-state index is 13.6. The van der Waals surface area contributed by atoms with Crippen LogP contribution in [-0.2, 0) is 6.18 Å². The Morgan fingerprint density at radius 1 is 0.871 bits per heavy atom. The van der Waals surface area contributed by atoms with Gasteiger partial charge in [0.05, 0.1) is 11.1 Å². The fourth-order valence-electron chi connectivity index (χ4n) is 3.74. The standard InChI is InChI=1S/C25H19F3N2O/c1-30(2)18-12-10-16(11-13-18)23-20-8-5-9-22(25(26,27)28)24(20)29-14-21(23)19-7-4-3-6-17(19)15-31/h3-15H,1-2H3. The first kappa shape index (κ1) is 20.6. The summed E-state index contributed by atoms with van der Waals surface area (Å²) < 4.78 is 40.9. The minimum atomic E-state index is -4.53. The molecule has 156 valence electrons. The van der Waals surface area contributed by atoms with Crippen molar-refractivity contribution in [3.63, 3.8) is 0 Å². The topological polar surface area (TPSA) is 33.2 Å². The zero-order chi connectivity index (χ0) is 22.2. The lowest BCUT2D eigenvalue weighted by molar-refractivity contribution is -0.136. The number of halogens is 3. The van der Waals surface area contributed by atoms with Crippen LogP contribution in [0.3, 0.4) is 0 Å². The van der Waals surface area contributed by atoms with Gasteiger partial charge in [-0.2, -0.15) is 13.2 Å². The highest BCUT2D eigenvalue weighted by molar-refractivity contribution is 6.05. The average Bonchev–Trinajstić information content (AvgIpc) is 2.77. The highest BCUT2D eigenvalue weighted by Crippen LogP contribution is 2.42. The molecule has 4 aromatic rings. The largest absolute Gasteiger partial charge is 0.418 e. The van der Waals surface area contributed by atoms with Crippen LogP contribution in [0.2, 0.25) is 0 Å². The number of fused-ring (bicyclic) bond motifs is 1. The van der Waals surface area contributed by atoms with E-state index in [1.807, 2.05) is 43.3 Å². The number of carbonyl (C=O) groups excluding carboxylic acids is 1. The quantitative estimate of drug-likeness (QED) is 0.355. The number of para-hydroxylation sites is 1. The van der Waals surface area contributed by atoms with E-state index in [0.717, 1.165) is 23.6 Å². The predicted octanol–water partition coefficient (Wildman–Crippen LogP) is 6.47. The SMILES string of the molecule is CN(C)c1ccc(-c2c(-c3ccccc3C=O)cnc3c(C(F)(F)F)cccc23)cc1. The van der Waals surface area contributed by atoms with E-state index in [4.69, 9.17) is 0 Å². The second-order valence-electron chi connectivity index (χ2n) is 7.39. The second-order valence-corrected chi connectivity index (χ2v) is 7.39. The van der Waals surface area contributed by atoms with Crippen molar-refractivity contribution in [3.05, 3.63) is 84.1 Å². The summed E-state index contributed by atoms with van der Waals surface area (Å²) in [4.78, 5) is 17.8. The number of alkyl halides is 3. The zero-order valence-corrected chi connectivity index (χ0v) is 16.9. The van der Waals surface area contributed by atoms with Gasteiger partial charge in [0, 0.05) is 48.1 Å². The summed E-state index contributed by atoms with van der Waals surface area (Å²) in [6.07, 6.45) is -2.36. The lowest BCUT2D eigenvalue weighted by Gasteiger charge is -2.18. The Hall–Kier alpha value is -3.67. The van der Waals surface area contributed by atoms with E-state index >= 15 is 0 Å². The first-order valence-electron chi connectivity index (χ1n) is 9.62. The molecule has 0 atom stereocenters. The van der Waals surface area contributed by atoms with Crippen LogP contribution in [-0.4, -0.2) is 25.4 Å². The van der Waals surface area contributed by atoms with Crippen molar-refractivity contribution in [2.75, 3.05) is 19.0 Å². The molecule has 0 saturated carbocycles. The fraction of sp³-hybridized carbons (Fsp3) is 0.120. The van der Waals surface area contributed by atoms with Crippen molar-refractivity contribution in [3.8, 4) is 22.3 Å². The number of aldehydes is 1. The molecule has 1 aromatic heterocycles. The molecule has 0 saturated heterocycles. The highest BCUT2D eigenvalue weighted by Gasteiger charge is 2.33. The maximum Gasteiger partial charge on any atom is 0.418 e. The van der Waals surface area contributed by atoms with Crippen LogP contribution in [0.15, 0.2) is 72.9 Å². The van der Waals surface area contributed by atoms with Gasteiger partial charge in [-0.25, -0.2) is 0 Å². The molecule has 0 unspecified atom stereocenters. The van der Waals surface area contributed by atoms with Crippen LogP contribution >= 0.6 is 0 Å². The third kappa shape index (κ3) is 3.77. The summed E-state index contributed by atoms with van der Waals surface area (Å²) in [6.45, 7) is 0. The van der Waals surface area contributed by atoms with Gasteiger partial charge in [-0.05, 0) is 29.3 Å². The Bertz CT molecular complexity index is 1260. The molecule has 3 aromatic carbocycles. The number of aromatic nitrogens is 1. The Kier molecular flexibility index (Phi) is 5.23. The van der Waals surface area contributed by atoms with Crippen molar-refractivity contribution in [1.82, 2.24) is 4.98 Å². The smallest absolute Gasteiger partial charge is 0.378 e. The molecule has 6 heteroatoms. The van der Waals surface area contributed by atoms with E-state index < -0.39 is 11.7 Å². The van der Waals surface area contributed by atoms with E-state index in [1.165, 1.54) is 12.3 Å². The fourth-order valence-corrected chi connectivity index (χ4v) is 3.74. The van der Waals surface area contributed by atoms with Crippen molar-refractivity contribution >= 4 is 22.9 Å². The third-order valence-electron chi connectivity index (χ3n) is 5.25. The van der Waals surface area contributed by atoms with Crippen LogP contribution in [0, 0.1) is 0 Å². The summed E-state index contributed by atoms with van der Waals surface area (Å²) in [6, 6.07) is 18.6. The highest BCUT2D eigenvalue weighted by atomic mass is 19.4. The van der Waals surface area contributed by atoms with Gasteiger partial charge in [-0.3, -0.25) is 9.78 Å². The molecule has 0 amide bonds. The van der Waals surface area contributed by atoms with Crippen LogP contribution in [0.1, 0.15) is 15.9 Å². The van der Waals surface area contributed by atoms with Crippen LogP contribution < -0.4 is 4.90 Å². The third-order valence-corrected chi connectivity index (χ3v) is 5.25. The molecule has 0 bridgehead atoms. The summed E-state index contributed by atoms with van der Waals surface area (Å²) >= 11 is 0. The van der Waals surface area contributed by atoms with Crippen molar-refractivity contribution in [2.45, 2.75) is 6.18 Å². The first-order valence-corrected chi connectivity index (χ1v) is 9.62. The van der Waals surface area contributed by atoms with Crippen molar-refractivity contribution in [1.29, 1.82) is 0 Å². The monoisotopic (exact) mass is 420 g/mol. The molecule has 1 heterocycles. The molecule has 0 N–H and O–H groups in total. The minimum absolute atomic E-state index is 0.117. The number of pyridine rings is 1. The molecule has 3 nitrogen and oxygen atoms in total. The van der Waals surface area contributed by atoms with E-state index in [1.54, 1.807) is 30.3 Å². The predicted molar refractivity (Wildman–Crippen MR) is 117 cm³/mol. The molecular weight excluding hydrogens is 401 g/mol. The zero-order valence-electron chi connectivity index (χ0n) is 16.9. The van der Waals surface area contributed by atoms with Crippen LogP contribution in [0.4, 0.5) is 18.9 Å². The molecule has 0 radical (unpaired) electrons. The Labute approximate surface area is 177 Å². The van der Waals surface area contributed by atoms with Gasteiger partial charge < -0.3 is 4.90 Å². The van der Waals surface area contributed by atoms with Gasteiger partial charge in [0.1, 0.15) is 0 Å². The molecule has 0 aliphatic carbocycles. The van der Waals surface area contributed by atoms with E-state index in [9.17, 15) is 18.0 Å². The number of benzene rings is 3. The average molecular weight is 420 g/mol. The van der Waals surface area contributed by atoms with Crippen molar-refractivity contribution < 1.29 is 18.0 Å². The molecular formula is C25H19F3N2O. The van der Waals surface area contributed by atoms with Gasteiger partial charge in [0.15, 0.2) is 6.29 Å². The number of anilines is 1. The van der Waals surface area contributed by atoms with Crippen LogP contribution in [0.25, 0.3) is 33.2 Å². The normalized spacial score (nSPS) is 11.5.